The van der Waals surface area contributed by atoms with Crippen LogP contribution in [0.2, 0.25) is 0 Å². The Hall–Kier alpha value is -0.163. The van der Waals surface area contributed by atoms with E-state index in [1.54, 1.807) is 0 Å². The van der Waals surface area contributed by atoms with E-state index in [9.17, 15) is 0 Å². The van der Waals surface area contributed by atoms with Crippen molar-refractivity contribution in [2.24, 2.45) is 0 Å². The van der Waals surface area contributed by atoms with Gasteiger partial charge in [0.05, 0.1) is 0 Å². The summed E-state index contributed by atoms with van der Waals surface area (Å²) in [5.74, 6) is 0. The topological polar surface area (TPSA) is 18.5 Å². The van der Waals surface area contributed by atoms with E-state index in [1.807, 2.05) is 0 Å². The minimum atomic E-state index is -1.85. The van der Waals surface area contributed by atoms with Crippen molar-refractivity contribution in [1.29, 1.82) is 0 Å². The molecule has 0 heterocycles. The first kappa shape index (κ1) is 15.8. The summed E-state index contributed by atoms with van der Waals surface area (Å²) in [6.07, 6.45) is 0. The van der Waals surface area contributed by atoms with Crippen LogP contribution in [0.15, 0.2) is 12.3 Å². The van der Waals surface area contributed by atoms with Gasteiger partial charge in [-0.2, -0.15) is 0 Å². The smallest absolute Gasteiger partial charge is 0.310 e. The lowest BCUT2D eigenvalue weighted by Crippen LogP contribution is -2.73. The van der Waals surface area contributed by atoms with E-state index in [0.717, 1.165) is 32.7 Å². The molecule has 0 aliphatic carbocycles. The van der Waals surface area contributed by atoms with Gasteiger partial charge in [-0.25, -0.2) is 0 Å². The summed E-state index contributed by atoms with van der Waals surface area (Å²) in [5.41, 5.74) is 2.18. The Morgan fingerprint density at radius 2 is 1.31 bits per heavy atom. The van der Waals surface area contributed by atoms with E-state index < -0.39 is 8.56 Å². The monoisotopic (exact) mass is 243 g/mol. The Morgan fingerprint density at radius 3 is 1.50 bits per heavy atom. The number of nitrogens with zero attached hydrogens (tertiary/aromatic N) is 2. The highest BCUT2D eigenvalue weighted by Gasteiger charge is 2.40. The van der Waals surface area contributed by atoms with E-state index in [4.69, 9.17) is 0 Å². The average molecular weight is 243 g/mol. The van der Waals surface area contributed by atoms with E-state index in [-0.39, 0.29) is 0 Å². The third-order valence-corrected chi connectivity index (χ3v) is 7.85. The van der Waals surface area contributed by atoms with Gasteiger partial charge in [0.15, 0.2) is 0 Å². The largest absolute Gasteiger partial charge is 0.312 e. The average Bonchev–Trinajstić information content (AvgIpc) is 2.31. The summed E-state index contributed by atoms with van der Waals surface area (Å²) in [5, 5.41) is 0. The highest BCUT2D eigenvalue weighted by Crippen LogP contribution is 2.13. The van der Waals surface area contributed by atoms with Crippen LogP contribution in [0, 0.1) is 0 Å². The van der Waals surface area contributed by atoms with Crippen molar-refractivity contribution in [3.8, 4) is 0 Å². The van der Waals surface area contributed by atoms with Gasteiger partial charge in [-0.15, -0.1) is 6.58 Å². The summed E-state index contributed by atoms with van der Waals surface area (Å²) in [6.45, 7) is 20.5. The number of rotatable bonds is 9. The number of hydrogen-bond acceptors (Lipinski definition) is 3. The maximum absolute atomic E-state index is 4.10. The van der Waals surface area contributed by atoms with Gasteiger partial charge in [0.1, 0.15) is 0 Å². The Kier molecular flexibility index (Phi) is 7.92. The number of nitrogens with one attached hydrogen (secondary N) is 1. The predicted octanol–water partition coefficient (Wildman–Crippen LogP) is 1.94. The van der Waals surface area contributed by atoms with Gasteiger partial charge in [-0.3, -0.25) is 9.13 Å². The quantitative estimate of drug-likeness (QED) is 0.625. The summed E-state index contributed by atoms with van der Waals surface area (Å²) in [4.78, 5) is 3.72. The number of hydrogen-bond donors (Lipinski definition) is 1. The third kappa shape index (κ3) is 3.17. The van der Waals surface area contributed by atoms with Crippen LogP contribution in [0.1, 0.15) is 34.6 Å². The molecule has 0 rings (SSSR count). The van der Waals surface area contributed by atoms with Gasteiger partial charge >= 0.3 is 8.56 Å². The van der Waals surface area contributed by atoms with Crippen LogP contribution in [0.4, 0.5) is 0 Å². The molecule has 0 atom stereocenters. The van der Waals surface area contributed by atoms with Crippen molar-refractivity contribution in [1.82, 2.24) is 14.1 Å². The Balaban J connectivity index is 5.16. The van der Waals surface area contributed by atoms with Crippen molar-refractivity contribution in [3.05, 3.63) is 12.3 Å². The molecule has 0 aliphatic heterocycles. The first-order valence-electron chi connectivity index (χ1n) is 6.55. The lowest BCUT2D eigenvalue weighted by molar-refractivity contribution is 0.347. The zero-order chi connectivity index (χ0) is 12.6. The summed E-state index contributed by atoms with van der Waals surface area (Å²) >= 11 is 0. The second-order valence-electron chi connectivity index (χ2n) is 3.81. The van der Waals surface area contributed by atoms with Gasteiger partial charge in [0.25, 0.3) is 0 Å². The van der Waals surface area contributed by atoms with E-state index in [2.05, 4.69) is 61.0 Å². The Labute approximate surface area is 103 Å². The molecular weight excluding hydrogens is 214 g/mol. The van der Waals surface area contributed by atoms with E-state index >= 15 is 0 Å². The van der Waals surface area contributed by atoms with Crippen LogP contribution in [-0.4, -0.2) is 50.4 Å². The molecule has 0 unspecified atom stereocenters. The van der Waals surface area contributed by atoms with Gasteiger partial charge in [0, 0.05) is 0 Å². The van der Waals surface area contributed by atoms with Gasteiger partial charge < -0.3 is 4.98 Å². The summed E-state index contributed by atoms with van der Waals surface area (Å²) < 4.78 is 5.10. The molecular formula is C12H29N3Si. The SMILES string of the molecule is C=C[Si](NCC)(N(CC)CC)N(CC)CC. The van der Waals surface area contributed by atoms with Crippen molar-refractivity contribution in [2.45, 2.75) is 34.6 Å². The molecule has 0 spiro atoms. The third-order valence-electron chi connectivity index (χ3n) is 3.21. The minimum absolute atomic E-state index is 1.01. The molecule has 0 saturated heterocycles. The highest BCUT2D eigenvalue weighted by molar-refractivity contribution is 6.77. The maximum Gasteiger partial charge on any atom is 0.312 e. The van der Waals surface area contributed by atoms with Crippen molar-refractivity contribution in [3.63, 3.8) is 0 Å². The Bertz CT molecular complexity index is 177. The van der Waals surface area contributed by atoms with Crippen LogP contribution >= 0.6 is 0 Å². The molecule has 16 heavy (non-hydrogen) atoms. The molecule has 4 heteroatoms. The van der Waals surface area contributed by atoms with Crippen molar-refractivity contribution < 1.29 is 0 Å². The van der Waals surface area contributed by atoms with Crippen LogP contribution in [0.3, 0.4) is 0 Å². The maximum atomic E-state index is 4.10. The fraction of sp³-hybridized carbons (Fsp3) is 0.833. The lowest BCUT2D eigenvalue weighted by Gasteiger charge is -2.45. The first-order valence-corrected chi connectivity index (χ1v) is 8.52. The molecule has 0 fully saturated rings. The standard InChI is InChI=1S/C12H29N3Si/c1-7-13-16(12-6,14(8-2)9-3)15(10-4)11-5/h12-13H,6-11H2,1-5H3. The van der Waals surface area contributed by atoms with Crippen LogP contribution in [-0.2, 0) is 0 Å². The summed E-state index contributed by atoms with van der Waals surface area (Å²) in [7, 11) is -1.85. The fourth-order valence-corrected chi connectivity index (χ4v) is 6.38. The highest BCUT2D eigenvalue weighted by atomic mass is 28.4. The molecule has 0 aromatic rings. The molecule has 0 saturated carbocycles. The second kappa shape index (κ2) is 8.01. The fourth-order valence-electron chi connectivity index (χ4n) is 2.43. The summed E-state index contributed by atoms with van der Waals surface area (Å²) in [6, 6.07) is 0. The zero-order valence-electron chi connectivity index (χ0n) is 11.7. The Morgan fingerprint density at radius 1 is 0.938 bits per heavy atom. The molecule has 3 nitrogen and oxygen atoms in total. The molecule has 0 aromatic carbocycles. The minimum Gasteiger partial charge on any atom is -0.310 e. The molecule has 0 radical (unpaired) electrons. The lowest BCUT2D eigenvalue weighted by atomic mass is 10.7. The molecule has 0 aliphatic rings. The van der Waals surface area contributed by atoms with Gasteiger partial charge in [0.2, 0.25) is 0 Å². The van der Waals surface area contributed by atoms with Crippen molar-refractivity contribution in [2.75, 3.05) is 32.7 Å². The van der Waals surface area contributed by atoms with Crippen molar-refractivity contribution >= 4 is 8.56 Å². The second-order valence-corrected chi connectivity index (χ2v) is 7.28. The van der Waals surface area contributed by atoms with E-state index in [0.29, 0.717) is 0 Å². The van der Waals surface area contributed by atoms with E-state index in [1.165, 1.54) is 0 Å². The molecule has 96 valence electrons. The van der Waals surface area contributed by atoms with Crippen LogP contribution < -0.4 is 4.98 Å². The normalized spacial score (nSPS) is 12.4. The molecule has 0 amide bonds. The first-order chi connectivity index (χ1) is 7.66. The zero-order valence-corrected chi connectivity index (χ0v) is 12.7. The van der Waals surface area contributed by atoms with Crippen LogP contribution in [0.25, 0.3) is 0 Å². The molecule has 0 bridgehead atoms. The molecule has 1 N–H and O–H groups in total. The predicted molar refractivity (Wildman–Crippen MR) is 75.5 cm³/mol. The van der Waals surface area contributed by atoms with Gasteiger partial charge in [-0.1, -0.05) is 40.3 Å². The molecule has 0 aromatic heterocycles. The van der Waals surface area contributed by atoms with Crippen LogP contribution in [0.5, 0.6) is 0 Å². The van der Waals surface area contributed by atoms with Gasteiger partial charge in [-0.05, 0) is 32.7 Å².